The number of nitrogens with zero attached hydrogens (tertiary/aromatic N) is 1. The second-order valence-electron chi connectivity index (χ2n) is 5.33. The zero-order chi connectivity index (χ0) is 16.1. The van der Waals surface area contributed by atoms with Gasteiger partial charge < -0.3 is 15.1 Å². The number of carbonyl (C=O) groups is 1. The second-order valence-corrected chi connectivity index (χ2v) is 5.33. The van der Waals surface area contributed by atoms with Crippen molar-refractivity contribution >= 4 is 5.91 Å². The monoisotopic (exact) mass is 299 g/mol. The molecule has 2 rings (SSSR count). The fourth-order valence-electron chi connectivity index (χ4n) is 2.26. The van der Waals surface area contributed by atoms with E-state index >= 15 is 0 Å². The van der Waals surface area contributed by atoms with Gasteiger partial charge in [0.1, 0.15) is 0 Å². The highest BCUT2D eigenvalue weighted by Gasteiger charge is 2.11. The maximum Gasteiger partial charge on any atom is 0.253 e. The van der Waals surface area contributed by atoms with Crippen LogP contribution in [0.3, 0.4) is 0 Å². The molecule has 4 heteroatoms. The third-order valence-corrected chi connectivity index (χ3v) is 3.62. The molecule has 0 spiro atoms. The van der Waals surface area contributed by atoms with Crippen LogP contribution in [0.15, 0.2) is 48.5 Å². The number of likely N-dealkylation sites (N-methyl/N-ethyl adjacent to an activating group) is 1. The van der Waals surface area contributed by atoms with Gasteiger partial charge in [-0.3, -0.25) is 4.79 Å². The van der Waals surface area contributed by atoms with Crippen molar-refractivity contribution in [1.82, 2.24) is 4.90 Å². The summed E-state index contributed by atoms with van der Waals surface area (Å²) in [5.41, 5.74) is 3.44. The average Bonchev–Trinajstić information content (AvgIpc) is 2.54. The van der Waals surface area contributed by atoms with Crippen LogP contribution in [-0.2, 0) is 0 Å². The van der Waals surface area contributed by atoms with Crippen LogP contribution in [0.1, 0.15) is 28.9 Å². The Bertz CT molecular complexity index is 635. The Hall–Kier alpha value is -2.17. The number of aliphatic hydroxyl groups is 2. The van der Waals surface area contributed by atoms with E-state index in [-0.39, 0.29) is 12.5 Å². The number of carbonyl (C=O) groups excluding carboxylic acids is 1. The summed E-state index contributed by atoms with van der Waals surface area (Å²) in [5.74, 6) is -0.113. The van der Waals surface area contributed by atoms with E-state index in [9.17, 15) is 9.90 Å². The van der Waals surface area contributed by atoms with Crippen molar-refractivity contribution in [3.8, 4) is 11.1 Å². The molecule has 2 N–H and O–H groups in total. The molecule has 1 atom stereocenters. The van der Waals surface area contributed by atoms with Crippen LogP contribution in [0, 0.1) is 0 Å². The van der Waals surface area contributed by atoms with E-state index in [0.29, 0.717) is 12.1 Å². The molecule has 0 radical (unpaired) electrons. The van der Waals surface area contributed by atoms with Crippen LogP contribution >= 0.6 is 0 Å². The molecule has 0 saturated heterocycles. The molecule has 22 heavy (non-hydrogen) atoms. The summed E-state index contributed by atoms with van der Waals surface area (Å²) in [6.07, 6.45) is -0.507. The number of amides is 1. The maximum atomic E-state index is 12.1. The molecule has 0 fully saturated rings. The van der Waals surface area contributed by atoms with Gasteiger partial charge in [0.05, 0.1) is 12.7 Å². The minimum absolute atomic E-state index is 0.0491. The number of hydrogen-bond acceptors (Lipinski definition) is 3. The Labute approximate surface area is 130 Å². The molecule has 0 aromatic heterocycles. The van der Waals surface area contributed by atoms with Crippen LogP contribution in [-0.4, -0.2) is 41.2 Å². The first-order valence-corrected chi connectivity index (χ1v) is 7.27. The summed E-state index contributed by atoms with van der Waals surface area (Å²) >= 11 is 0. The predicted octanol–water partition coefficient (Wildman–Crippen LogP) is 2.47. The molecule has 2 aromatic carbocycles. The summed E-state index contributed by atoms with van der Waals surface area (Å²) in [7, 11) is 1.67. The van der Waals surface area contributed by atoms with Gasteiger partial charge in [-0.15, -0.1) is 0 Å². The topological polar surface area (TPSA) is 60.8 Å². The van der Waals surface area contributed by atoms with Crippen molar-refractivity contribution in [2.24, 2.45) is 0 Å². The number of rotatable bonds is 5. The average molecular weight is 299 g/mol. The number of hydrogen-bond donors (Lipinski definition) is 2. The lowest BCUT2D eigenvalue weighted by Gasteiger charge is -2.15. The van der Waals surface area contributed by atoms with Gasteiger partial charge in [-0.05, 0) is 41.8 Å². The Morgan fingerprint density at radius 1 is 1.14 bits per heavy atom. The number of aliphatic hydroxyl groups excluding tert-OH is 2. The zero-order valence-corrected chi connectivity index (χ0v) is 12.9. The first-order chi connectivity index (χ1) is 10.5. The molecule has 0 aliphatic heterocycles. The third-order valence-electron chi connectivity index (χ3n) is 3.62. The zero-order valence-electron chi connectivity index (χ0n) is 12.9. The van der Waals surface area contributed by atoms with Crippen LogP contribution < -0.4 is 0 Å². The summed E-state index contributed by atoms with van der Waals surface area (Å²) < 4.78 is 0. The summed E-state index contributed by atoms with van der Waals surface area (Å²) in [5, 5.41) is 18.5. The normalized spacial score (nSPS) is 12.0. The molecule has 1 unspecified atom stereocenters. The lowest BCUT2D eigenvalue weighted by Crippen LogP contribution is -2.29. The van der Waals surface area contributed by atoms with Crippen LogP contribution in [0.2, 0.25) is 0 Å². The SMILES string of the molecule is CC(O)c1cccc(-c2ccc(C(=O)N(C)CCO)cc2)c1. The van der Waals surface area contributed by atoms with E-state index in [1.807, 2.05) is 36.4 Å². The molecule has 2 aromatic rings. The molecule has 0 saturated carbocycles. The molecule has 0 heterocycles. The van der Waals surface area contributed by atoms with E-state index in [2.05, 4.69) is 0 Å². The minimum atomic E-state index is -0.507. The van der Waals surface area contributed by atoms with Gasteiger partial charge in [0, 0.05) is 19.2 Å². The van der Waals surface area contributed by atoms with Crippen molar-refractivity contribution in [3.05, 3.63) is 59.7 Å². The fourth-order valence-corrected chi connectivity index (χ4v) is 2.26. The molecule has 4 nitrogen and oxygen atoms in total. The summed E-state index contributed by atoms with van der Waals surface area (Å²) in [4.78, 5) is 13.6. The fraction of sp³-hybridized carbons (Fsp3) is 0.278. The van der Waals surface area contributed by atoms with Gasteiger partial charge in [0.15, 0.2) is 0 Å². The highest BCUT2D eigenvalue weighted by molar-refractivity contribution is 5.94. The standard InChI is InChI=1S/C18H21NO3/c1-13(21)16-4-3-5-17(12-16)14-6-8-15(9-7-14)18(22)19(2)10-11-20/h3-9,12-13,20-21H,10-11H2,1-2H3. The van der Waals surface area contributed by atoms with E-state index < -0.39 is 6.10 Å². The van der Waals surface area contributed by atoms with Crippen molar-refractivity contribution in [2.75, 3.05) is 20.2 Å². The van der Waals surface area contributed by atoms with Gasteiger partial charge >= 0.3 is 0 Å². The largest absolute Gasteiger partial charge is 0.395 e. The lowest BCUT2D eigenvalue weighted by molar-refractivity contribution is 0.0767. The maximum absolute atomic E-state index is 12.1. The molecule has 0 bridgehead atoms. The highest BCUT2D eigenvalue weighted by Crippen LogP contribution is 2.23. The van der Waals surface area contributed by atoms with Crippen molar-refractivity contribution in [1.29, 1.82) is 0 Å². The predicted molar refractivity (Wildman–Crippen MR) is 86.6 cm³/mol. The van der Waals surface area contributed by atoms with Gasteiger partial charge in [0.25, 0.3) is 5.91 Å². The smallest absolute Gasteiger partial charge is 0.253 e. The first-order valence-electron chi connectivity index (χ1n) is 7.27. The molecule has 0 aliphatic rings. The Morgan fingerprint density at radius 2 is 1.82 bits per heavy atom. The van der Waals surface area contributed by atoms with Crippen LogP contribution in [0.25, 0.3) is 11.1 Å². The minimum Gasteiger partial charge on any atom is -0.395 e. The van der Waals surface area contributed by atoms with Crippen LogP contribution in [0.5, 0.6) is 0 Å². The van der Waals surface area contributed by atoms with E-state index in [1.165, 1.54) is 4.90 Å². The summed E-state index contributed by atoms with van der Waals surface area (Å²) in [6, 6.07) is 15.0. The van der Waals surface area contributed by atoms with Gasteiger partial charge in [-0.1, -0.05) is 30.3 Å². The van der Waals surface area contributed by atoms with Crippen molar-refractivity contribution in [2.45, 2.75) is 13.0 Å². The van der Waals surface area contributed by atoms with E-state index in [1.54, 1.807) is 26.1 Å². The van der Waals surface area contributed by atoms with Crippen molar-refractivity contribution in [3.63, 3.8) is 0 Å². The van der Waals surface area contributed by atoms with Gasteiger partial charge in [-0.2, -0.15) is 0 Å². The van der Waals surface area contributed by atoms with Crippen molar-refractivity contribution < 1.29 is 15.0 Å². The number of benzene rings is 2. The highest BCUT2D eigenvalue weighted by atomic mass is 16.3. The second kappa shape index (κ2) is 7.20. The van der Waals surface area contributed by atoms with E-state index in [4.69, 9.17) is 5.11 Å². The van der Waals surface area contributed by atoms with Gasteiger partial charge in [0.2, 0.25) is 0 Å². The van der Waals surface area contributed by atoms with Gasteiger partial charge in [-0.25, -0.2) is 0 Å². The quantitative estimate of drug-likeness (QED) is 0.891. The molecule has 116 valence electrons. The molecular formula is C18H21NO3. The molecular weight excluding hydrogens is 278 g/mol. The first kappa shape index (κ1) is 16.2. The summed E-state index contributed by atoms with van der Waals surface area (Å²) in [6.45, 7) is 2.00. The van der Waals surface area contributed by atoms with E-state index in [0.717, 1.165) is 16.7 Å². The van der Waals surface area contributed by atoms with Crippen LogP contribution in [0.4, 0.5) is 0 Å². The molecule has 0 aliphatic carbocycles. The Kier molecular flexibility index (Phi) is 5.31. The lowest BCUT2D eigenvalue weighted by atomic mass is 10.00. The Balaban J connectivity index is 2.22. The third kappa shape index (κ3) is 3.72. The molecule has 1 amide bonds. The Morgan fingerprint density at radius 3 is 2.41 bits per heavy atom.